The van der Waals surface area contributed by atoms with E-state index in [1.54, 1.807) is 0 Å². The second-order valence-corrected chi connectivity index (χ2v) is 5.38. The lowest BCUT2D eigenvalue weighted by Crippen LogP contribution is -2.16. The van der Waals surface area contributed by atoms with Crippen LogP contribution in [0.15, 0.2) is 12.2 Å². The molecule has 7 heteroatoms. The van der Waals surface area contributed by atoms with Crippen LogP contribution < -0.4 is 0 Å². The molecule has 92 valence electrons. The zero-order valence-electron chi connectivity index (χ0n) is 9.19. The van der Waals surface area contributed by atoms with Gasteiger partial charge in [0.2, 0.25) is 0 Å². The van der Waals surface area contributed by atoms with Gasteiger partial charge in [0.15, 0.2) is 9.84 Å². The zero-order chi connectivity index (χ0) is 12.8. The van der Waals surface area contributed by atoms with E-state index in [9.17, 15) is 18.0 Å². The fraction of sp³-hybridized carbons (Fsp3) is 0.556. The van der Waals surface area contributed by atoms with Gasteiger partial charge < -0.3 is 9.47 Å². The predicted octanol–water partition coefficient (Wildman–Crippen LogP) is -0.306. The summed E-state index contributed by atoms with van der Waals surface area (Å²) >= 11 is 0. The van der Waals surface area contributed by atoms with Gasteiger partial charge in [0.05, 0.1) is 19.3 Å². The molecule has 0 unspecified atom stereocenters. The molecule has 0 aromatic carbocycles. The Balaban J connectivity index is 3.99. The Kier molecular flexibility index (Phi) is 5.73. The Morgan fingerprint density at radius 3 is 2.31 bits per heavy atom. The van der Waals surface area contributed by atoms with Crippen molar-refractivity contribution in [2.75, 3.05) is 25.7 Å². The van der Waals surface area contributed by atoms with Crippen LogP contribution in [0.25, 0.3) is 0 Å². The number of rotatable bonds is 6. The molecule has 0 atom stereocenters. The Morgan fingerprint density at radius 2 is 1.88 bits per heavy atom. The minimum Gasteiger partial charge on any atom is -0.469 e. The number of sulfone groups is 1. The van der Waals surface area contributed by atoms with Crippen LogP contribution in [0.3, 0.4) is 0 Å². The van der Waals surface area contributed by atoms with Crippen molar-refractivity contribution in [3.63, 3.8) is 0 Å². The number of hydrogen-bond acceptors (Lipinski definition) is 6. The third-order valence-electron chi connectivity index (χ3n) is 1.56. The van der Waals surface area contributed by atoms with Gasteiger partial charge in [-0.05, 0) is 0 Å². The molecule has 0 fully saturated rings. The van der Waals surface area contributed by atoms with Crippen molar-refractivity contribution < 1.29 is 27.5 Å². The maximum atomic E-state index is 11.2. The molecule has 0 spiro atoms. The topological polar surface area (TPSA) is 86.7 Å². The number of ether oxygens (including phenoxy) is 2. The van der Waals surface area contributed by atoms with Gasteiger partial charge in [-0.3, -0.25) is 4.79 Å². The standard InChI is InChI=1S/C9H14O6S/c1-7(6-8(10)14-2)9(11)15-4-5-16(3,12)13/h1,4-6H2,2-3H3. The fourth-order valence-corrected chi connectivity index (χ4v) is 1.09. The van der Waals surface area contributed by atoms with Gasteiger partial charge in [-0.15, -0.1) is 0 Å². The highest BCUT2D eigenvalue weighted by Crippen LogP contribution is 2.02. The van der Waals surface area contributed by atoms with Gasteiger partial charge in [-0.1, -0.05) is 6.58 Å². The van der Waals surface area contributed by atoms with E-state index in [4.69, 9.17) is 0 Å². The van der Waals surface area contributed by atoms with Gasteiger partial charge in [0.1, 0.15) is 6.61 Å². The summed E-state index contributed by atoms with van der Waals surface area (Å²) in [6.45, 7) is 3.08. The molecule has 0 amide bonds. The van der Waals surface area contributed by atoms with Crippen LogP contribution in [0.5, 0.6) is 0 Å². The molecule has 0 aromatic rings. The Hall–Kier alpha value is -1.37. The molecular weight excluding hydrogens is 236 g/mol. The molecule has 0 aliphatic heterocycles. The van der Waals surface area contributed by atoms with Crippen molar-refractivity contribution in [2.24, 2.45) is 0 Å². The van der Waals surface area contributed by atoms with Crippen molar-refractivity contribution in [2.45, 2.75) is 6.42 Å². The first-order valence-electron chi connectivity index (χ1n) is 4.35. The first-order chi connectivity index (χ1) is 7.26. The second-order valence-electron chi connectivity index (χ2n) is 3.12. The van der Waals surface area contributed by atoms with Crippen molar-refractivity contribution in [1.29, 1.82) is 0 Å². The largest absolute Gasteiger partial charge is 0.469 e. The SMILES string of the molecule is C=C(CC(=O)OC)C(=O)OCCS(C)(=O)=O. The van der Waals surface area contributed by atoms with Crippen LogP contribution in [0, 0.1) is 0 Å². The lowest BCUT2D eigenvalue weighted by atomic mass is 10.2. The first kappa shape index (κ1) is 14.6. The normalized spacial score (nSPS) is 10.6. The number of hydrogen-bond donors (Lipinski definition) is 0. The number of esters is 2. The van der Waals surface area contributed by atoms with Crippen molar-refractivity contribution in [3.8, 4) is 0 Å². The molecular formula is C9H14O6S. The number of methoxy groups -OCH3 is 1. The Labute approximate surface area is 94.1 Å². The minimum absolute atomic E-state index is 0.0691. The van der Waals surface area contributed by atoms with E-state index in [1.165, 1.54) is 7.11 Å². The average molecular weight is 250 g/mol. The monoisotopic (exact) mass is 250 g/mol. The molecule has 0 saturated carbocycles. The summed E-state index contributed by atoms with van der Waals surface area (Å²) in [5.74, 6) is -1.66. The maximum absolute atomic E-state index is 11.2. The predicted molar refractivity (Wildman–Crippen MR) is 56.4 cm³/mol. The lowest BCUT2D eigenvalue weighted by Gasteiger charge is -2.05. The van der Waals surface area contributed by atoms with Gasteiger partial charge in [-0.25, -0.2) is 13.2 Å². The van der Waals surface area contributed by atoms with Gasteiger partial charge >= 0.3 is 11.9 Å². The minimum atomic E-state index is -3.17. The van der Waals surface area contributed by atoms with Crippen molar-refractivity contribution in [1.82, 2.24) is 0 Å². The summed E-state index contributed by atoms with van der Waals surface area (Å²) in [5, 5.41) is 0. The summed E-state index contributed by atoms with van der Waals surface area (Å²) in [6.07, 6.45) is 0.762. The Bertz CT molecular complexity index is 381. The number of carbonyl (C=O) groups excluding carboxylic acids is 2. The van der Waals surface area contributed by atoms with E-state index in [0.717, 1.165) is 6.26 Å². The molecule has 0 aliphatic carbocycles. The molecule has 6 nitrogen and oxygen atoms in total. The van der Waals surface area contributed by atoms with E-state index in [-0.39, 0.29) is 24.4 Å². The van der Waals surface area contributed by atoms with Crippen LogP contribution in [0.4, 0.5) is 0 Å². The van der Waals surface area contributed by atoms with Crippen molar-refractivity contribution in [3.05, 3.63) is 12.2 Å². The number of carbonyl (C=O) groups is 2. The highest BCUT2D eigenvalue weighted by Gasteiger charge is 2.14. The van der Waals surface area contributed by atoms with Crippen LogP contribution in [-0.2, 0) is 28.9 Å². The molecule has 0 bridgehead atoms. The van der Waals surface area contributed by atoms with Crippen LogP contribution in [0.1, 0.15) is 6.42 Å². The van der Waals surface area contributed by atoms with E-state index >= 15 is 0 Å². The Morgan fingerprint density at radius 1 is 1.31 bits per heavy atom. The quantitative estimate of drug-likeness (QED) is 0.475. The van der Waals surface area contributed by atoms with E-state index in [1.807, 2.05) is 0 Å². The van der Waals surface area contributed by atoms with E-state index in [0.29, 0.717) is 0 Å². The third-order valence-corrected chi connectivity index (χ3v) is 2.47. The highest BCUT2D eigenvalue weighted by molar-refractivity contribution is 7.90. The molecule has 0 aromatic heterocycles. The smallest absolute Gasteiger partial charge is 0.334 e. The molecule has 0 radical (unpaired) electrons. The van der Waals surface area contributed by atoms with Gasteiger partial charge in [0, 0.05) is 11.8 Å². The summed E-state index contributed by atoms with van der Waals surface area (Å²) in [4.78, 5) is 21.9. The summed E-state index contributed by atoms with van der Waals surface area (Å²) in [7, 11) is -1.99. The van der Waals surface area contributed by atoms with Gasteiger partial charge in [0.25, 0.3) is 0 Å². The van der Waals surface area contributed by atoms with Gasteiger partial charge in [-0.2, -0.15) is 0 Å². The molecule has 0 aliphatic rings. The molecule has 16 heavy (non-hydrogen) atoms. The maximum Gasteiger partial charge on any atom is 0.334 e. The fourth-order valence-electron chi connectivity index (χ4n) is 0.706. The average Bonchev–Trinajstić information content (AvgIpc) is 2.15. The molecule has 0 heterocycles. The molecule has 0 rings (SSSR count). The first-order valence-corrected chi connectivity index (χ1v) is 6.41. The van der Waals surface area contributed by atoms with Crippen LogP contribution in [-0.4, -0.2) is 46.1 Å². The van der Waals surface area contributed by atoms with E-state index in [2.05, 4.69) is 16.1 Å². The molecule has 0 saturated heterocycles. The van der Waals surface area contributed by atoms with Crippen LogP contribution >= 0.6 is 0 Å². The third kappa shape index (κ3) is 6.99. The van der Waals surface area contributed by atoms with Crippen molar-refractivity contribution >= 4 is 21.8 Å². The molecule has 0 N–H and O–H groups in total. The van der Waals surface area contributed by atoms with E-state index < -0.39 is 21.8 Å². The van der Waals surface area contributed by atoms with Crippen LogP contribution in [0.2, 0.25) is 0 Å². The summed E-state index contributed by atoms with van der Waals surface area (Å²) in [6, 6.07) is 0. The summed E-state index contributed by atoms with van der Waals surface area (Å²) in [5.41, 5.74) is -0.0691. The highest BCUT2D eigenvalue weighted by atomic mass is 32.2. The zero-order valence-corrected chi connectivity index (χ0v) is 10.0. The second kappa shape index (κ2) is 6.26. The lowest BCUT2D eigenvalue weighted by molar-refractivity contribution is -0.144. The summed E-state index contributed by atoms with van der Waals surface area (Å²) < 4.78 is 30.4.